The molecule has 0 fully saturated rings. The van der Waals surface area contributed by atoms with E-state index in [1.54, 1.807) is 0 Å². The zero-order valence-corrected chi connectivity index (χ0v) is 13.1. The van der Waals surface area contributed by atoms with E-state index in [2.05, 4.69) is 15.9 Å². The summed E-state index contributed by atoms with van der Waals surface area (Å²) in [6.07, 6.45) is 0.774. The van der Waals surface area contributed by atoms with E-state index < -0.39 is 0 Å². The number of methoxy groups -OCH3 is 1. The van der Waals surface area contributed by atoms with E-state index in [0.717, 1.165) is 26.9 Å². The van der Waals surface area contributed by atoms with Crippen LogP contribution in [0, 0.1) is 0 Å². The number of benzene rings is 1. The van der Waals surface area contributed by atoms with Crippen LogP contribution in [0.1, 0.15) is 22.2 Å². The summed E-state index contributed by atoms with van der Waals surface area (Å²) in [6, 6.07) is 7.91. The molecule has 3 nitrogen and oxygen atoms in total. The van der Waals surface area contributed by atoms with Crippen molar-refractivity contribution in [1.82, 2.24) is 0 Å². The first-order valence-electron chi connectivity index (χ1n) is 5.84. The molecule has 0 bridgehead atoms. The number of carbonyl (C=O) groups is 1. The summed E-state index contributed by atoms with van der Waals surface area (Å²) in [4.78, 5) is 13.2. The fourth-order valence-corrected chi connectivity index (χ4v) is 3.82. The van der Waals surface area contributed by atoms with E-state index in [1.807, 2.05) is 31.2 Å². The maximum absolute atomic E-state index is 11.7. The van der Waals surface area contributed by atoms with Crippen molar-refractivity contribution >= 4 is 38.9 Å². The fraction of sp³-hybridized carbons (Fsp3) is 0.214. The Morgan fingerprint density at radius 1 is 1.42 bits per heavy atom. The van der Waals surface area contributed by atoms with Crippen LogP contribution < -0.4 is 5.73 Å². The molecule has 19 heavy (non-hydrogen) atoms. The smallest absolute Gasteiger partial charge is 0.350 e. The van der Waals surface area contributed by atoms with Crippen molar-refractivity contribution in [2.45, 2.75) is 13.3 Å². The van der Waals surface area contributed by atoms with Crippen molar-refractivity contribution < 1.29 is 9.53 Å². The Hall–Kier alpha value is -1.33. The van der Waals surface area contributed by atoms with Gasteiger partial charge in [0.25, 0.3) is 0 Å². The molecule has 0 spiro atoms. The van der Waals surface area contributed by atoms with Gasteiger partial charge in [-0.15, -0.1) is 11.3 Å². The average molecular weight is 340 g/mol. The number of anilines is 1. The minimum absolute atomic E-state index is 0.379. The molecule has 5 heteroatoms. The van der Waals surface area contributed by atoms with Gasteiger partial charge >= 0.3 is 5.97 Å². The SMILES string of the molecule is CCc1c(-c2ccccc2Br)sc(C(=O)OC)c1N. The van der Waals surface area contributed by atoms with Crippen LogP contribution in [0.5, 0.6) is 0 Å². The highest BCUT2D eigenvalue weighted by atomic mass is 79.9. The molecule has 2 N–H and O–H groups in total. The summed E-state index contributed by atoms with van der Waals surface area (Å²) in [5.74, 6) is -0.379. The molecule has 1 aromatic carbocycles. The molecule has 2 aromatic rings. The molecular formula is C14H14BrNO2S. The lowest BCUT2D eigenvalue weighted by Gasteiger charge is -2.04. The number of nitrogens with two attached hydrogens (primary N) is 1. The van der Waals surface area contributed by atoms with Crippen LogP contribution in [-0.4, -0.2) is 13.1 Å². The molecule has 0 unspecified atom stereocenters. The Balaban J connectivity index is 2.64. The summed E-state index contributed by atoms with van der Waals surface area (Å²) < 4.78 is 5.76. The lowest BCUT2D eigenvalue weighted by Crippen LogP contribution is -2.02. The molecule has 100 valence electrons. The van der Waals surface area contributed by atoms with Gasteiger partial charge in [0.05, 0.1) is 12.8 Å². The number of halogens is 1. The summed E-state index contributed by atoms with van der Waals surface area (Å²) in [7, 11) is 1.37. The van der Waals surface area contributed by atoms with Gasteiger partial charge in [-0.2, -0.15) is 0 Å². The molecule has 0 aliphatic carbocycles. The van der Waals surface area contributed by atoms with E-state index in [4.69, 9.17) is 10.5 Å². The topological polar surface area (TPSA) is 52.3 Å². The Morgan fingerprint density at radius 3 is 2.68 bits per heavy atom. The monoisotopic (exact) mass is 339 g/mol. The number of carbonyl (C=O) groups excluding carboxylic acids is 1. The maximum Gasteiger partial charge on any atom is 0.350 e. The van der Waals surface area contributed by atoms with E-state index in [1.165, 1.54) is 18.4 Å². The first-order valence-corrected chi connectivity index (χ1v) is 7.45. The summed E-state index contributed by atoms with van der Waals surface area (Å²) in [5, 5.41) is 0. The van der Waals surface area contributed by atoms with Crippen molar-refractivity contribution in [1.29, 1.82) is 0 Å². The minimum Gasteiger partial charge on any atom is -0.465 e. The van der Waals surface area contributed by atoms with E-state index >= 15 is 0 Å². The molecule has 2 rings (SSSR count). The Bertz CT molecular complexity index is 622. The molecule has 0 saturated carbocycles. The number of rotatable bonds is 3. The zero-order valence-electron chi connectivity index (χ0n) is 10.7. The highest BCUT2D eigenvalue weighted by Gasteiger charge is 2.22. The number of thiophene rings is 1. The van der Waals surface area contributed by atoms with Gasteiger partial charge in [-0.05, 0) is 18.1 Å². The molecule has 0 amide bonds. The standard InChI is InChI=1S/C14H14BrNO2S/c1-3-8-11(16)13(14(17)18-2)19-12(8)9-6-4-5-7-10(9)15/h4-7H,3,16H2,1-2H3. The number of hydrogen-bond acceptors (Lipinski definition) is 4. The lowest BCUT2D eigenvalue weighted by atomic mass is 10.1. The molecule has 0 atom stereocenters. The number of esters is 1. The molecule has 1 heterocycles. The average Bonchev–Trinajstić information content (AvgIpc) is 2.75. The maximum atomic E-state index is 11.7. The Morgan fingerprint density at radius 2 is 2.11 bits per heavy atom. The van der Waals surface area contributed by atoms with Crippen LogP contribution in [0.25, 0.3) is 10.4 Å². The van der Waals surface area contributed by atoms with Gasteiger partial charge in [0.2, 0.25) is 0 Å². The molecule has 0 aliphatic heterocycles. The first-order chi connectivity index (χ1) is 9.10. The fourth-order valence-electron chi connectivity index (χ4n) is 1.94. The highest BCUT2D eigenvalue weighted by Crippen LogP contribution is 2.41. The molecule has 1 aromatic heterocycles. The summed E-state index contributed by atoms with van der Waals surface area (Å²) in [5.41, 5.74) is 8.65. The van der Waals surface area contributed by atoms with Crippen LogP contribution in [0.4, 0.5) is 5.69 Å². The Labute approximate surface area is 124 Å². The van der Waals surface area contributed by atoms with Crippen molar-refractivity contribution in [2.24, 2.45) is 0 Å². The second kappa shape index (κ2) is 5.75. The van der Waals surface area contributed by atoms with Crippen LogP contribution >= 0.6 is 27.3 Å². The van der Waals surface area contributed by atoms with Gasteiger partial charge in [0, 0.05) is 14.9 Å². The quantitative estimate of drug-likeness (QED) is 0.856. The van der Waals surface area contributed by atoms with Gasteiger partial charge in [-0.25, -0.2) is 4.79 Å². The molecule has 0 saturated heterocycles. The van der Waals surface area contributed by atoms with Crippen molar-refractivity contribution in [3.8, 4) is 10.4 Å². The number of ether oxygens (including phenoxy) is 1. The van der Waals surface area contributed by atoms with Crippen molar-refractivity contribution in [2.75, 3.05) is 12.8 Å². The van der Waals surface area contributed by atoms with E-state index in [9.17, 15) is 4.79 Å². The lowest BCUT2D eigenvalue weighted by molar-refractivity contribution is 0.0607. The zero-order chi connectivity index (χ0) is 14.0. The van der Waals surface area contributed by atoms with Gasteiger partial charge in [-0.1, -0.05) is 41.1 Å². The molecule has 0 radical (unpaired) electrons. The molecule has 0 aliphatic rings. The predicted molar refractivity (Wildman–Crippen MR) is 82.6 cm³/mol. The second-order valence-corrected chi connectivity index (χ2v) is 5.85. The van der Waals surface area contributed by atoms with Crippen molar-refractivity contribution in [3.63, 3.8) is 0 Å². The van der Waals surface area contributed by atoms with Gasteiger partial charge in [0.1, 0.15) is 4.88 Å². The number of nitrogen functional groups attached to an aromatic ring is 1. The van der Waals surface area contributed by atoms with Crippen LogP contribution in [0.15, 0.2) is 28.7 Å². The third-order valence-electron chi connectivity index (χ3n) is 2.89. The van der Waals surface area contributed by atoms with Gasteiger partial charge in [-0.3, -0.25) is 0 Å². The Kier molecular flexibility index (Phi) is 4.27. The largest absolute Gasteiger partial charge is 0.465 e. The van der Waals surface area contributed by atoms with Crippen LogP contribution in [0.3, 0.4) is 0 Å². The van der Waals surface area contributed by atoms with Crippen molar-refractivity contribution in [3.05, 3.63) is 39.2 Å². The van der Waals surface area contributed by atoms with Crippen LogP contribution in [-0.2, 0) is 11.2 Å². The highest BCUT2D eigenvalue weighted by molar-refractivity contribution is 9.10. The van der Waals surface area contributed by atoms with E-state index in [-0.39, 0.29) is 5.97 Å². The number of hydrogen-bond donors (Lipinski definition) is 1. The minimum atomic E-state index is -0.379. The van der Waals surface area contributed by atoms with Gasteiger partial charge < -0.3 is 10.5 Å². The molecular weight excluding hydrogens is 326 g/mol. The third kappa shape index (κ3) is 2.53. The second-order valence-electron chi connectivity index (χ2n) is 3.98. The summed E-state index contributed by atoms with van der Waals surface area (Å²) in [6.45, 7) is 2.03. The summed E-state index contributed by atoms with van der Waals surface area (Å²) >= 11 is 4.92. The van der Waals surface area contributed by atoms with Gasteiger partial charge in [0.15, 0.2) is 0 Å². The predicted octanol–water partition coefficient (Wildman–Crippen LogP) is 4.11. The first kappa shape index (κ1) is 14.1. The third-order valence-corrected chi connectivity index (χ3v) is 4.84. The van der Waals surface area contributed by atoms with Crippen LogP contribution in [0.2, 0.25) is 0 Å². The normalized spacial score (nSPS) is 10.5. The van der Waals surface area contributed by atoms with E-state index in [0.29, 0.717) is 10.6 Å².